The number of halogens is 1. The van der Waals surface area contributed by atoms with Crippen molar-refractivity contribution in [2.45, 2.75) is 32.9 Å². The quantitative estimate of drug-likeness (QED) is 0.352. The van der Waals surface area contributed by atoms with Gasteiger partial charge in [-0.25, -0.2) is 9.18 Å². The molecule has 0 aliphatic carbocycles. The first-order valence-corrected chi connectivity index (χ1v) is 12.3. The van der Waals surface area contributed by atoms with Gasteiger partial charge in [0.05, 0.1) is 17.1 Å². The molecule has 3 aromatic carbocycles. The molecule has 7 heteroatoms. The average molecular weight is 497 g/mol. The van der Waals surface area contributed by atoms with Crippen LogP contribution in [-0.4, -0.2) is 34.0 Å². The number of carbonyl (C=O) groups is 2. The van der Waals surface area contributed by atoms with Gasteiger partial charge in [0.25, 0.3) is 0 Å². The van der Waals surface area contributed by atoms with Crippen molar-refractivity contribution in [3.05, 3.63) is 114 Å². The van der Waals surface area contributed by atoms with Crippen LogP contribution in [0.1, 0.15) is 36.7 Å². The molecule has 6 nitrogen and oxygen atoms in total. The minimum Gasteiger partial charge on any atom is -0.316 e. The zero-order valence-electron chi connectivity index (χ0n) is 21.1. The van der Waals surface area contributed by atoms with E-state index in [9.17, 15) is 14.0 Å². The third-order valence-corrected chi connectivity index (χ3v) is 6.65. The fourth-order valence-corrected chi connectivity index (χ4v) is 4.80. The molecule has 0 bridgehead atoms. The van der Waals surface area contributed by atoms with E-state index in [4.69, 9.17) is 0 Å². The number of nitrogens with one attached hydrogen (secondary N) is 1. The number of aryl methyl sites for hydroxylation is 1. The molecule has 4 aromatic rings. The number of nitrogens with zero attached hydrogens (tertiary/aromatic N) is 3. The van der Waals surface area contributed by atoms with Gasteiger partial charge in [0, 0.05) is 17.9 Å². The number of fused-ring (bicyclic) bond motifs is 3. The summed E-state index contributed by atoms with van der Waals surface area (Å²) in [5.74, 6) is -0.660. The number of anilines is 2. The zero-order chi connectivity index (χ0) is 26.1. The third-order valence-electron chi connectivity index (χ3n) is 6.65. The standard InChI is InChI=1S/C30H29FN4O2/c1-20(2)34(30(37)32-24-9-6-8-23(31)18-24)19-28(36)35-26-11-5-4-10-25(26)33-17-7-12-27(33)29(35)22-15-13-21(3)14-16-22/h4-18,20,29H,19H2,1-3H3,(H,32,37). The Balaban J connectivity index is 1.51. The molecule has 0 fully saturated rings. The van der Waals surface area contributed by atoms with Gasteiger partial charge in [-0.05, 0) is 68.8 Å². The Bertz CT molecular complexity index is 1440. The maximum atomic E-state index is 14.1. The van der Waals surface area contributed by atoms with Gasteiger partial charge in [0.1, 0.15) is 18.4 Å². The summed E-state index contributed by atoms with van der Waals surface area (Å²) in [5, 5.41) is 2.72. The minimum atomic E-state index is -0.463. The van der Waals surface area contributed by atoms with Gasteiger partial charge >= 0.3 is 6.03 Å². The average Bonchev–Trinajstić information content (AvgIpc) is 3.37. The van der Waals surface area contributed by atoms with Crippen LogP contribution >= 0.6 is 0 Å². The van der Waals surface area contributed by atoms with Crippen molar-refractivity contribution in [1.29, 1.82) is 0 Å². The van der Waals surface area contributed by atoms with Crippen molar-refractivity contribution in [1.82, 2.24) is 9.47 Å². The Hall–Kier alpha value is -4.39. The number of urea groups is 1. The van der Waals surface area contributed by atoms with Crippen LogP contribution in [0.4, 0.5) is 20.6 Å². The second-order valence-corrected chi connectivity index (χ2v) is 9.53. The molecule has 1 N–H and O–H groups in total. The molecule has 1 aliphatic heterocycles. The number of benzene rings is 3. The van der Waals surface area contributed by atoms with Crippen molar-refractivity contribution in [3.63, 3.8) is 0 Å². The van der Waals surface area contributed by atoms with E-state index in [0.717, 1.165) is 28.2 Å². The summed E-state index contributed by atoms with van der Waals surface area (Å²) in [5.41, 5.74) is 5.09. The van der Waals surface area contributed by atoms with Crippen LogP contribution in [0.2, 0.25) is 0 Å². The number of amides is 3. The molecule has 0 saturated heterocycles. The van der Waals surface area contributed by atoms with Gasteiger partial charge in [-0.1, -0.05) is 48.0 Å². The largest absolute Gasteiger partial charge is 0.322 e. The molecule has 37 heavy (non-hydrogen) atoms. The molecule has 0 saturated carbocycles. The van der Waals surface area contributed by atoms with Gasteiger partial charge in [-0.15, -0.1) is 0 Å². The summed E-state index contributed by atoms with van der Waals surface area (Å²) in [4.78, 5) is 30.6. The van der Waals surface area contributed by atoms with E-state index in [1.807, 2.05) is 87.6 Å². The molecule has 1 aliphatic rings. The smallest absolute Gasteiger partial charge is 0.316 e. The Morgan fingerprint density at radius 2 is 1.68 bits per heavy atom. The number of para-hydroxylation sites is 2. The van der Waals surface area contributed by atoms with Crippen molar-refractivity contribution >= 4 is 23.3 Å². The first-order chi connectivity index (χ1) is 17.8. The van der Waals surface area contributed by atoms with Gasteiger partial charge in [0.15, 0.2) is 0 Å². The van der Waals surface area contributed by atoms with Crippen LogP contribution in [0, 0.1) is 12.7 Å². The van der Waals surface area contributed by atoms with Gasteiger partial charge in [0.2, 0.25) is 5.91 Å². The first-order valence-electron chi connectivity index (χ1n) is 12.3. The monoisotopic (exact) mass is 496 g/mol. The summed E-state index contributed by atoms with van der Waals surface area (Å²) < 4.78 is 15.8. The van der Waals surface area contributed by atoms with Crippen LogP contribution in [-0.2, 0) is 4.79 Å². The maximum Gasteiger partial charge on any atom is 0.322 e. The summed E-state index contributed by atoms with van der Waals surface area (Å²) in [6.07, 6.45) is 2.00. The Morgan fingerprint density at radius 1 is 0.946 bits per heavy atom. The van der Waals surface area contributed by atoms with Gasteiger partial charge in [-0.2, -0.15) is 0 Å². The highest BCUT2D eigenvalue weighted by molar-refractivity contribution is 6.01. The molecule has 3 amide bonds. The summed E-state index contributed by atoms with van der Waals surface area (Å²) >= 11 is 0. The van der Waals surface area contributed by atoms with Crippen LogP contribution in [0.25, 0.3) is 5.69 Å². The highest BCUT2D eigenvalue weighted by Gasteiger charge is 2.37. The number of aromatic nitrogens is 1. The van der Waals surface area contributed by atoms with Crippen LogP contribution in [0.3, 0.4) is 0 Å². The zero-order valence-corrected chi connectivity index (χ0v) is 21.1. The van der Waals surface area contributed by atoms with Crippen molar-refractivity contribution in [3.8, 4) is 5.69 Å². The topological polar surface area (TPSA) is 57.6 Å². The first kappa shape index (κ1) is 24.3. The highest BCUT2D eigenvalue weighted by atomic mass is 19.1. The molecular formula is C30H29FN4O2. The number of hydrogen-bond donors (Lipinski definition) is 1. The lowest BCUT2D eigenvalue weighted by atomic mass is 9.97. The van der Waals surface area contributed by atoms with E-state index in [-0.39, 0.29) is 24.5 Å². The van der Waals surface area contributed by atoms with E-state index in [1.165, 1.54) is 23.1 Å². The lowest BCUT2D eigenvalue weighted by Gasteiger charge is -2.40. The summed E-state index contributed by atoms with van der Waals surface area (Å²) in [6.45, 7) is 5.59. The highest BCUT2D eigenvalue weighted by Crippen LogP contribution is 2.42. The molecule has 5 rings (SSSR count). The maximum absolute atomic E-state index is 14.1. The fraction of sp³-hybridized carbons (Fsp3) is 0.200. The van der Waals surface area contributed by atoms with E-state index < -0.39 is 11.8 Å². The Kier molecular flexibility index (Phi) is 6.53. The third kappa shape index (κ3) is 4.72. The lowest BCUT2D eigenvalue weighted by molar-refractivity contribution is -0.119. The van der Waals surface area contributed by atoms with Crippen molar-refractivity contribution in [2.75, 3.05) is 16.8 Å². The molecule has 1 atom stereocenters. The van der Waals surface area contributed by atoms with Crippen LogP contribution in [0.15, 0.2) is 91.1 Å². The molecular weight excluding hydrogens is 467 g/mol. The van der Waals surface area contributed by atoms with Crippen LogP contribution < -0.4 is 10.2 Å². The van der Waals surface area contributed by atoms with Crippen molar-refractivity contribution < 1.29 is 14.0 Å². The molecule has 1 aromatic heterocycles. The normalized spacial score (nSPS) is 14.2. The lowest BCUT2D eigenvalue weighted by Crippen LogP contribution is -2.49. The van der Waals surface area contributed by atoms with E-state index in [0.29, 0.717) is 5.69 Å². The second kappa shape index (κ2) is 9.93. The second-order valence-electron chi connectivity index (χ2n) is 9.53. The molecule has 188 valence electrons. The van der Waals surface area contributed by atoms with E-state index >= 15 is 0 Å². The SMILES string of the molecule is Cc1ccc(C2c3cccn3-c3ccccc3N2C(=O)CN(C(=O)Nc2cccc(F)c2)C(C)C)cc1. The van der Waals surface area contributed by atoms with Gasteiger partial charge < -0.3 is 14.8 Å². The number of hydrogen-bond acceptors (Lipinski definition) is 2. The van der Waals surface area contributed by atoms with E-state index in [1.54, 1.807) is 11.0 Å². The fourth-order valence-electron chi connectivity index (χ4n) is 4.80. The minimum absolute atomic E-state index is 0.143. The summed E-state index contributed by atoms with van der Waals surface area (Å²) in [6, 6.07) is 24.6. The van der Waals surface area contributed by atoms with Gasteiger partial charge in [-0.3, -0.25) is 9.69 Å². The van der Waals surface area contributed by atoms with Crippen LogP contribution in [0.5, 0.6) is 0 Å². The number of rotatable bonds is 5. The van der Waals surface area contributed by atoms with E-state index in [2.05, 4.69) is 9.88 Å². The van der Waals surface area contributed by atoms with Crippen molar-refractivity contribution in [2.24, 2.45) is 0 Å². The number of carbonyl (C=O) groups excluding carboxylic acids is 2. The summed E-state index contributed by atoms with van der Waals surface area (Å²) in [7, 11) is 0. The molecule has 0 spiro atoms. The predicted molar refractivity (Wildman–Crippen MR) is 144 cm³/mol. The molecule has 1 unspecified atom stereocenters. The Labute approximate surface area is 215 Å². The predicted octanol–water partition coefficient (Wildman–Crippen LogP) is 6.30. The molecule has 2 heterocycles. The Morgan fingerprint density at radius 3 is 2.38 bits per heavy atom. The molecule has 0 radical (unpaired) electrons.